The molecule has 0 saturated heterocycles. The van der Waals surface area contributed by atoms with E-state index in [2.05, 4.69) is 95.4 Å². The van der Waals surface area contributed by atoms with Gasteiger partial charge in [-0.25, -0.2) is 0 Å². The first kappa shape index (κ1) is 20.9. The van der Waals surface area contributed by atoms with Crippen LogP contribution >= 0.6 is 11.8 Å². The zero-order valence-electron chi connectivity index (χ0n) is 18.8. The van der Waals surface area contributed by atoms with Crippen LogP contribution in [0.3, 0.4) is 0 Å². The Labute approximate surface area is 184 Å². The van der Waals surface area contributed by atoms with Gasteiger partial charge in [-0.2, -0.15) is 0 Å². The quantitative estimate of drug-likeness (QED) is 0.349. The summed E-state index contributed by atoms with van der Waals surface area (Å²) >= 11 is 1.82. The normalized spacial score (nSPS) is 13.4. The van der Waals surface area contributed by atoms with Crippen LogP contribution in [0.2, 0.25) is 0 Å². The third kappa shape index (κ3) is 3.83. The van der Waals surface area contributed by atoms with Crippen LogP contribution in [0.15, 0.2) is 64.4 Å². The summed E-state index contributed by atoms with van der Waals surface area (Å²) in [5, 5.41) is 14.4. The first-order chi connectivity index (χ1) is 14.1. The zero-order chi connectivity index (χ0) is 21.7. The molecule has 0 radical (unpaired) electrons. The number of rotatable bonds is 2. The number of benzene rings is 3. The van der Waals surface area contributed by atoms with E-state index < -0.39 is 0 Å². The summed E-state index contributed by atoms with van der Waals surface area (Å²) in [6.07, 6.45) is 0.828. The Bertz CT molecular complexity index is 1100. The van der Waals surface area contributed by atoms with Crippen LogP contribution in [0.1, 0.15) is 63.8 Å². The van der Waals surface area contributed by atoms with Crippen LogP contribution in [-0.4, -0.2) is 5.11 Å². The van der Waals surface area contributed by atoms with Crippen LogP contribution in [0.4, 0.5) is 11.4 Å². The molecule has 3 aromatic rings. The van der Waals surface area contributed by atoms with E-state index in [1.54, 1.807) is 0 Å². The number of nitrogens with one attached hydrogen (secondary N) is 1. The van der Waals surface area contributed by atoms with Gasteiger partial charge in [-0.1, -0.05) is 83.6 Å². The van der Waals surface area contributed by atoms with E-state index in [1.807, 2.05) is 17.8 Å². The maximum absolute atomic E-state index is 10.8. The van der Waals surface area contributed by atoms with E-state index in [4.69, 9.17) is 0 Å². The van der Waals surface area contributed by atoms with E-state index in [0.29, 0.717) is 5.75 Å². The van der Waals surface area contributed by atoms with Gasteiger partial charge in [0.25, 0.3) is 0 Å². The maximum Gasteiger partial charge on any atom is 0.119 e. The molecule has 1 aliphatic heterocycles. The molecule has 0 saturated carbocycles. The monoisotopic (exact) mass is 417 g/mol. The Morgan fingerprint density at radius 1 is 0.733 bits per heavy atom. The van der Waals surface area contributed by atoms with Crippen molar-refractivity contribution in [3.8, 4) is 5.75 Å². The second-order valence-electron chi connectivity index (χ2n) is 10.2. The zero-order valence-corrected chi connectivity index (χ0v) is 19.6. The van der Waals surface area contributed by atoms with Crippen molar-refractivity contribution in [1.29, 1.82) is 0 Å². The molecule has 0 bridgehead atoms. The van der Waals surface area contributed by atoms with Gasteiger partial charge in [-0.3, -0.25) is 0 Å². The molecule has 1 heterocycles. The second kappa shape index (κ2) is 7.39. The van der Waals surface area contributed by atoms with Gasteiger partial charge < -0.3 is 10.4 Å². The van der Waals surface area contributed by atoms with E-state index in [0.717, 1.165) is 12.0 Å². The molecule has 3 aromatic carbocycles. The molecule has 0 fully saturated rings. The van der Waals surface area contributed by atoms with Gasteiger partial charge in [-0.05, 0) is 58.2 Å². The molecule has 0 amide bonds. The standard InChI is InChI=1S/C27H31NOS/c1-26(2,3)23-17(14-15-20(29)24(23)27(4,5)6)16-18-10-9-13-22-25(18)28-19-11-7-8-12-21(19)30-22/h7-15,28-29H,16H2,1-6H3. The molecule has 0 spiro atoms. The fourth-order valence-corrected chi connectivity index (χ4v) is 5.51. The third-order valence-electron chi connectivity index (χ3n) is 5.63. The van der Waals surface area contributed by atoms with Gasteiger partial charge in [0.05, 0.1) is 11.4 Å². The van der Waals surface area contributed by atoms with Gasteiger partial charge in [-0.15, -0.1) is 0 Å². The van der Waals surface area contributed by atoms with Crippen molar-refractivity contribution in [2.24, 2.45) is 0 Å². The minimum atomic E-state index is -0.133. The fraction of sp³-hybridized carbons (Fsp3) is 0.333. The van der Waals surface area contributed by atoms with Gasteiger partial charge in [0.15, 0.2) is 0 Å². The minimum absolute atomic E-state index is 0.0691. The molecular formula is C27H31NOS. The van der Waals surface area contributed by atoms with Crippen LogP contribution < -0.4 is 5.32 Å². The van der Waals surface area contributed by atoms with E-state index in [-0.39, 0.29) is 10.8 Å². The third-order valence-corrected chi connectivity index (χ3v) is 6.77. The average Bonchev–Trinajstić information content (AvgIpc) is 2.66. The molecule has 0 unspecified atom stereocenters. The Morgan fingerprint density at radius 2 is 1.40 bits per heavy atom. The van der Waals surface area contributed by atoms with Gasteiger partial charge in [0, 0.05) is 15.4 Å². The number of hydrogen-bond donors (Lipinski definition) is 2. The topological polar surface area (TPSA) is 32.3 Å². The van der Waals surface area contributed by atoms with Crippen molar-refractivity contribution in [3.05, 3.63) is 76.9 Å². The summed E-state index contributed by atoms with van der Waals surface area (Å²) in [5.41, 5.74) is 7.05. The van der Waals surface area contributed by atoms with Gasteiger partial charge >= 0.3 is 0 Å². The molecule has 30 heavy (non-hydrogen) atoms. The van der Waals surface area contributed by atoms with Crippen molar-refractivity contribution in [2.45, 2.75) is 68.6 Å². The molecule has 1 aliphatic rings. The lowest BCUT2D eigenvalue weighted by Crippen LogP contribution is -2.24. The molecule has 0 aromatic heterocycles. The van der Waals surface area contributed by atoms with Crippen molar-refractivity contribution >= 4 is 23.1 Å². The summed E-state index contributed by atoms with van der Waals surface area (Å²) in [4.78, 5) is 2.52. The number of fused-ring (bicyclic) bond motifs is 2. The first-order valence-corrected chi connectivity index (χ1v) is 11.4. The highest BCUT2D eigenvalue weighted by Crippen LogP contribution is 2.47. The molecule has 4 rings (SSSR count). The Hall–Kier alpha value is -2.39. The number of phenols is 1. The Kier molecular flexibility index (Phi) is 5.14. The summed E-state index contributed by atoms with van der Waals surface area (Å²) in [7, 11) is 0. The smallest absolute Gasteiger partial charge is 0.119 e. The number of phenolic OH excluding ortho intramolecular Hbond substituents is 1. The lowest BCUT2D eigenvalue weighted by molar-refractivity contribution is 0.434. The van der Waals surface area contributed by atoms with Crippen LogP contribution in [0.25, 0.3) is 0 Å². The predicted molar refractivity (Wildman–Crippen MR) is 129 cm³/mol. The predicted octanol–water partition coefficient (Wildman–Crippen LogP) is 7.79. The number of anilines is 2. The Balaban J connectivity index is 1.82. The number of para-hydroxylation sites is 2. The summed E-state index contributed by atoms with van der Waals surface area (Å²) in [6, 6.07) is 19.0. The molecule has 0 atom stereocenters. The lowest BCUT2D eigenvalue weighted by Gasteiger charge is -2.33. The summed E-state index contributed by atoms with van der Waals surface area (Å²) in [5.74, 6) is 0.397. The van der Waals surface area contributed by atoms with Crippen molar-refractivity contribution in [3.63, 3.8) is 0 Å². The van der Waals surface area contributed by atoms with Crippen molar-refractivity contribution in [2.75, 3.05) is 5.32 Å². The minimum Gasteiger partial charge on any atom is -0.508 e. The highest BCUT2D eigenvalue weighted by Gasteiger charge is 2.31. The molecule has 2 nitrogen and oxygen atoms in total. The highest BCUT2D eigenvalue weighted by molar-refractivity contribution is 7.99. The molecule has 156 valence electrons. The highest BCUT2D eigenvalue weighted by atomic mass is 32.2. The molecular weight excluding hydrogens is 386 g/mol. The molecule has 3 heteroatoms. The van der Waals surface area contributed by atoms with E-state index in [1.165, 1.54) is 37.9 Å². The average molecular weight is 418 g/mol. The Morgan fingerprint density at radius 3 is 2.10 bits per heavy atom. The maximum atomic E-state index is 10.8. The lowest BCUT2D eigenvalue weighted by atomic mass is 9.72. The van der Waals surface area contributed by atoms with Crippen LogP contribution in [0, 0.1) is 0 Å². The molecule has 2 N–H and O–H groups in total. The van der Waals surface area contributed by atoms with Crippen molar-refractivity contribution < 1.29 is 5.11 Å². The number of hydrogen-bond acceptors (Lipinski definition) is 3. The van der Waals surface area contributed by atoms with Crippen LogP contribution in [-0.2, 0) is 17.3 Å². The first-order valence-electron chi connectivity index (χ1n) is 10.6. The van der Waals surface area contributed by atoms with Gasteiger partial charge in [0.1, 0.15) is 5.75 Å². The summed E-state index contributed by atoms with van der Waals surface area (Å²) in [6.45, 7) is 13.3. The van der Waals surface area contributed by atoms with Crippen LogP contribution in [0.5, 0.6) is 5.75 Å². The van der Waals surface area contributed by atoms with E-state index >= 15 is 0 Å². The van der Waals surface area contributed by atoms with Gasteiger partial charge in [0.2, 0.25) is 0 Å². The summed E-state index contributed by atoms with van der Waals surface area (Å²) < 4.78 is 0. The fourth-order valence-electron chi connectivity index (χ4n) is 4.47. The van der Waals surface area contributed by atoms with Crippen molar-refractivity contribution in [1.82, 2.24) is 0 Å². The SMILES string of the molecule is CC(C)(C)c1c(O)ccc(Cc2cccc3c2Nc2ccccc2S3)c1C(C)(C)C. The second-order valence-corrected chi connectivity index (χ2v) is 11.3. The molecule has 0 aliphatic carbocycles. The number of aromatic hydroxyl groups is 1. The largest absolute Gasteiger partial charge is 0.508 e. The van der Waals surface area contributed by atoms with E-state index in [9.17, 15) is 5.11 Å².